The molecule has 178 valence electrons. The van der Waals surface area contributed by atoms with Crippen molar-refractivity contribution in [3.05, 3.63) is 82.7 Å². The van der Waals surface area contributed by atoms with Gasteiger partial charge in [0.25, 0.3) is 0 Å². The minimum atomic E-state index is -0.298. The largest absolute Gasteiger partial charge is 0.493 e. The van der Waals surface area contributed by atoms with E-state index in [-0.39, 0.29) is 11.9 Å². The van der Waals surface area contributed by atoms with Crippen molar-refractivity contribution in [2.24, 2.45) is 0 Å². The van der Waals surface area contributed by atoms with Crippen molar-refractivity contribution < 1.29 is 18.6 Å². The number of thiocarbonyl (C=S) groups is 1. The lowest BCUT2D eigenvalue weighted by atomic mass is 9.92. The topological polar surface area (TPSA) is 43.0 Å². The molecule has 1 aliphatic rings. The van der Waals surface area contributed by atoms with Gasteiger partial charge in [0.1, 0.15) is 18.2 Å². The average Bonchev–Trinajstić information content (AvgIpc) is 2.85. The van der Waals surface area contributed by atoms with Crippen LogP contribution in [0.2, 0.25) is 0 Å². The maximum atomic E-state index is 13.4. The molecule has 0 unspecified atom stereocenters. The molecule has 1 N–H and O–H groups in total. The highest BCUT2D eigenvalue weighted by atomic mass is 32.1. The van der Waals surface area contributed by atoms with E-state index in [0.717, 1.165) is 35.3 Å². The van der Waals surface area contributed by atoms with Crippen LogP contribution in [0, 0.1) is 19.7 Å². The Bertz CT molecular complexity index is 1180. The highest BCUT2D eigenvalue weighted by Crippen LogP contribution is 2.39. The number of nitrogens with zero attached hydrogens (tertiary/aromatic N) is 1. The molecule has 0 fully saturated rings. The van der Waals surface area contributed by atoms with Crippen LogP contribution in [0.5, 0.6) is 17.2 Å². The lowest BCUT2D eigenvalue weighted by molar-refractivity contribution is 0.190. The normalized spacial score (nSPS) is 14.9. The van der Waals surface area contributed by atoms with Gasteiger partial charge in [0.05, 0.1) is 20.3 Å². The number of nitrogens with one attached hydrogen (secondary N) is 1. The van der Waals surface area contributed by atoms with Gasteiger partial charge in [-0.05, 0) is 97.2 Å². The van der Waals surface area contributed by atoms with E-state index in [4.69, 9.17) is 26.4 Å². The average molecular weight is 481 g/mol. The van der Waals surface area contributed by atoms with Crippen molar-refractivity contribution >= 4 is 23.0 Å². The van der Waals surface area contributed by atoms with Gasteiger partial charge < -0.3 is 24.4 Å². The second-order valence-electron chi connectivity index (χ2n) is 8.31. The van der Waals surface area contributed by atoms with Gasteiger partial charge in [-0.15, -0.1) is 0 Å². The van der Waals surface area contributed by atoms with Crippen LogP contribution in [0.1, 0.15) is 28.3 Å². The fourth-order valence-electron chi connectivity index (χ4n) is 4.23. The molecule has 0 aliphatic carbocycles. The Morgan fingerprint density at radius 2 is 1.76 bits per heavy atom. The number of methoxy groups -OCH3 is 2. The predicted octanol–water partition coefficient (Wildman–Crippen LogP) is 5.83. The second kappa shape index (κ2) is 10.3. The molecule has 3 aromatic rings. The van der Waals surface area contributed by atoms with Crippen LogP contribution < -0.4 is 19.5 Å². The zero-order valence-electron chi connectivity index (χ0n) is 19.9. The minimum absolute atomic E-state index is 0.168. The van der Waals surface area contributed by atoms with Gasteiger partial charge in [0.2, 0.25) is 0 Å². The zero-order valence-corrected chi connectivity index (χ0v) is 20.7. The maximum Gasteiger partial charge on any atom is 0.174 e. The van der Waals surface area contributed by atoms with Crippen molar-refractivity contribution in [2.45, 2.75) is 26.3 Å². The molecule has 5 nitrogen and oxygen atoms in total. The number of fused-ring (bicyclic) bond motifs is 1. The summed E-state index contributed by atoms with van der Waals surface area (Å²) in [4.78, 5) is 2.15. The van der Waals surface area contributed by atoms with E-state index in [1.165, 1.54) is 17.7 Å². The summed E-state index contributed by atoms with van der Waals surface area (Å²) in [7, 11) is 3.26. The van der Waals surface area contributed by atoms with Crippen LogP contribution in [-0.4, -0.2) is 37.4 Å². The summed E-state index contributed by atoms with van der Waals surface area (Å²) in [5, 5.41) is 4.06. The van der Waals surface area contributed by atoms with Crippen molar-refractivity contribution in [2.75, 3.05) is 32.7 Å². The zero-order chi connectivity index (χ0) is 24.2. The smallest absolute Gasteiger partial charge is 0.174 e. The van der Waals surface area contributed by atoms with Gasteiger partial charge in [-0.3, -0.25) is 0 Å². The van der Waals surface area contributed by atoms with Crippen molar-refractivity contribution in [1.82, 2.24) is 4.90 Å². The Morgan fingerprint density at radius 1 is 1.06 bits per heavy atom. The molecule has 1 heterocycles. The number of ether oxygens (including phenoxy) is 3. The first-order valence-electron chi connectivity index (χ1n) is 11.2. The van der Waals surface area contributed by atoms with E-state index in [2.05, 4.69) is 30.1 Å². The summed E-state index contributed by atoms with van der Waals surface area (Å²) >= 11 is 5.88. The van der Waals surface area contributed by atoms with Crippen LogP contribution >= 0.6 is 12.2 Å². The van der Waals surface area contributed by atoms with Gasteiger partial charge in [-0.2, -0.15) is 0 Å². The third-order valence-electron chi connectivity index (χ3n) is 6.33. The monoisotopic (exact) mass is 480 g/mol. The summed E-state index contributed by atoms with van der Waals surface area (Å²) in [5.74, 6) is 1.65. The molecule has 0 amide bonds. The van der Waals surface area contributed by atoms with Crippen LogP contribution in [0.3, 0.4) is 0 Å². The number of halogens is 1. The quantitative estimate of drug-likeness (QED) is 0.448. The summed E-state index contributed by atoms with van der Waals surface area (Å²) in [5.41, 5.74) is 5.58. The molecular formula is C27H29FN2O3S. The van der Waals surface area contributed by atoms with Gasteiger partial charge in [-0.1, -0.05) is 12.1 Å². The summed E-state index contributed by atoms with van der Waals surface area (Å²) in [6.45, 7) is 5.22. The highest BCUT2D eigenvalue weighted by Gasteiger charge is 2.31. The molecule has 1 atom stereocenters. The van der Waals surface area contributed by atoms with E-state index in [9.17, 15) is 4.39 Å². The Balaban J connectivity index is 1.66. The van der Waals surface area contributed by atoms with Crippen LogP contribution in [0.25, 0.3) is 0 Å². The summed E-state index contributed by atoms with van der Waals surface area (Å²) < 4.78 is 30.5. The number of hydrogen-bond donors (Lipinski definition) is 1. The molecule has 0 saturated heterocycles. The number of anilines is 1. The van der Waals surface area contributed by atoms with E-state index >= 15 is 0 Å². The molecule has 0 bridgehead atoms. The first-order chi connectivity index (χ1) is 16.4. The number of benzene rings is 3. The van der Waals surface area contributed by atoms with E-state index < -0.39 is 0 Å². The van der Waals surface area contributed by atoms with Crippen molar-refractivity contribution in [3.8, 4) is 17.2 Å². The van der Waals surface area contributed by atoms with Gasteiger partial charge in [0.15, 0.2) is 16.6 Å². The number of aryl methyl sites for hydroxylation is 1. The fraction of sp³-hybridized carbons (Fsp3) is 0.296. The molecule has 0 saturated carbocycles. The molecular weight excluding hydrogens is 451 g/mol. The number of hydrogen-bond acceptors (Lipinski definition) is 4. The van der Waals surface area contributed by atoms with E-state index in [1.807, 2.05) is 24.3 Å². The highest BCUT2D eigenvalue weighted by molar-refractivity contribution is 7.80. The minimum Gasteiger partial charge on any atom is -0.493 e. The first kappa shape index (κ1) is 23.8. The molecule has 7 heteroatoms. The summed E-state index contributed by atoms with van der Waals surface area (Å²) in [6, 6.07) is 16.0. The standard InChI is InChI=1S/C27H29FN2O3S/c1-17-6-5-7-23(18(17)2)29-27(34)30-13-12-19-14-25(31-3)26(32-4)15-22(19)24(30)16-33-21-10-8-20(28)9-11-21/h5-11,14-15,24H,12-13,16H2,1-4H3,(H,29,34)/t24-/m1/s1. The first-order valence-corrected chi connectivity index (χ1v) is 11.6. The van der Waals surface area contributed by atoms with Crippen molar-refractivity contribution in [1.29, 1.82) is 0 Å². The SMILES string of the molecule is COc1cc2c(cc1OC)[C@@H](COc1ccc(F)cc1)N(C(=S)Nc1cccc(C)c1C)CC2. The fourth-order valence-corrected chi connectivity index (χ4v) is 4.56. The predicted molar refractivity (Wildman–Crippen MR) is 137 cm³/mol. The Kier molecular flexibility index (Phi) is 7.22. The number of rotatable bonds is 6. The molecule has 4 rings (SSSR count). The van der Waals surface area contributed by atoms with E-state index in [1.54, 1.807) is 26.4 Å². The molecule has 3 aromatic carbocycles. The molecule has 0 radical (unpaired) electrons. The Morgan fingerprint density at radius 3 is 2.47 bits per heavy atom. The third kappa shape index (κ3) is 4.94. The Hall–Kier alpha value is -3.32. The van der Waals surface area contributed by atoms with Crippen molar-refractivity contribution in [3.63, 3.8) is 0 Å². The van der Waals surface area contributed by atoms with Gasteiger partial charge >= 0.3 is 0 Å². The maximum absolute atomic E-state index is 13.4. The lowest BCUT2D eigenvalue weighted by Gasteiger charge is -2.39. The third-order valence-corrected chi connectivity index (χ3v) is 6.67. The molecule has 34 heavy (non-hydrogen) atoms. The van der Waals surface area contributed by atoms with Crippen LogP contribution in [0.15, 0.2) is 54.6 Å². The second-order valence-corrected chi connectivity index (χ2v) is 8.69. The lowest BCUT2D eigenvalue weighted by Crippen LogP contribution is -2.44. The molecule has 0 aromatic heterocycles. The van der Waals surface area contributed by atoms with Gasteiger partial charge in [-0.25, -0.2) is 4.39 Å². The van der Waals surface area contributed by atoms with Gasteiger partial charge in [0, 0.05) is 12.2 Å². The molecule has 0 spiro atoms. The summed E-state index contributed by atoms with van der Waals surface area (Å²) in [6.07, 6.45) is 0.803. The van der Waals surface area contributed by atoms with Crippen LogP contribution in [0.4, 0.5) is 10.1 Å². The Labute approximate surface area is 205 Å². The van der Waals surface area contributed by atoms with E-state index in [0.29, 0.717) is 29.0 Å². The van der Waals surface area contributed by atoms with Crippen LogP contribution in [-0.2, 0) is 6.42 Å². The molecule has 1 aliphatic heterocycles.